The summed E-state index contributed by atoms with van der Waals surface area (Å²) < 4.78 is 5.60. The van der Waals surface area contributed by atoms with E-state index in [-0.39, 0.29) is 6.04 Å². The molecule has 0 spiro atoms. The summed E-state index contributed by atoms with van der Waals surface area (Å²) >= 11 is 0. The summed E-state index contributed by atoms with van der Waals surface area (Å²) in [6.07, 6.45) is 1.68. The zero-order chi connectivity index (χ0) is 18.4. The van der Waals surface area contributed by atoms with Gasteiger partial charge in [0.2, 0.25) is 5.89 Å². The van der Waals surface area contributed by atoms with Crippen molar-refractivity contribution < 1.29 is 4.42 Å². The van der Waals surface area contributed by atoms with Crippen LogP contribution >= 0.6 is 0 Å². The summed E-state index contributed by atoms with van der Waals surface area (Å²) in [5, 5.41) is 6.66. The van der Waals surface area contributed by atoms with Gasteiger partial charge in [0.25, 0.3) is 0 Å². The molecule has 1 atom stereocenters. The molecule has 0 saturated carbocycles. The van der Waals surface area contributed by atoms with Crippen molar-refractivity contribution in [1.29, 1.82) is 0 Å². The molecule has 0 radical (unpaired) electrons. The molecular weight excluding hydrogens is 324 g/mol. The van der Waals surface area contributed by atoms with E-state index in [9.17, 15) is 0 Å². The number of hydrogen-bond donors (Lipinski definition) is 2. The number of aliphatic imine (C=N–C) groups is 1. The molecule has 2 aromatic carbocycles. The zero-order valence-electron chi connectivity index (χ0n) is 15.4. The van der Waals surface area contributed by atoms with Gasteiger partial charge < -0.3 is 15.1 Å². The van der Waals surface area contributed by atoms with Crippen molar-refractivity contribution in [3.8, 4) is 11.5 Å². The average molecular weight is 348 g/mol. The Labute approximate surface area is 154 Å². The van der Waals surface area contributed by atoms with Gasteiger partial charge in [-0.25, -0.2) is 4.98 Å². The third-order valence-electron chi connectivity index (χ3n) is 4.16. The van der Waals surface area contributed by atoms with Crippen LogP contribution in [0.5, 0.6) is 0 Å². The molecule has 0 aliphatic rings. The van der Waals surface area contributed by atoms with E-state index < -0.39 is 0 Å². The number of hydrogen-bond acceptors (Lipinski definition) is 3. The molecule has 26 heavy (non-hydrogen) atoms. The van der Waals surface area contributed by atoms with Crippen LogP contribution in [0.1, 0.15) is 29.8 Å². The van der Waals surface area contributed by atoms with E-state index in [1.165, 1.54) is 11.1 Å². The normalized spacial score (nSPS) is 12.7. The van der Waals surface area contributed by atoms with E-state index >= 15 is 0 Å². The molecule has 5 nitrogen and oxygen atoms in total. The quantitative estimate of drug-likeness (QED) is 0.539. The topological polar surface area (TPSA) is 62.5 Å². The van der Waals surface area contributed by atoms with Crippen molar-refractivity contribution in [2.75, 3.05) is 7.05 Å². The smallest absolute Gasteiger partial charge is 0.226 e. The van der Waals surface area contributed by atoms with E-state index in [0.29, 0.717) is 12.4 Å². The lowest BCUT2D eigenvalue weighted by Crippen LogP contribution is -2.38. The number of nitrogens with one attached hydrogen (secondary N) is 2. The molecule has 3 aromatic rings. The van der Waals surface area contributed by atoms with Crippen molar-refractivity contribution in [3.63, 3.8) is 0 Å². The highest BCUT2D eigenvalue weighted by molar-refractivity contribution is 5.80. The predicted octanol–water partition coefficient (Wildman–Crippen LogP) is 4.08. The number of oxazole rings is 1. The number of rotatable bonds is 5. The van der Waals surface area contributed by atoms with Gasteiger partial charge in [-0.1, -0.05) is 48.0 Å². The van der Waals surface area contributed by atoms with Gasteiger partial charge in [-0.15, -0.1) is 0 Å². The number of guanidine groups is 1. The number of nitrogens with zero attached hydrogens (tertiary/aromatic N) is 2. The molecule has 0 aliphatic carbocycles. The number of aryl methyl sites for hydroxylation is 1. The van der Waals surface area contributed by atoms with Gasteiger partial charge in [0, 0.05) is 12.6 Å². The molecule has 0 saturated heterocycles. The van der Waals surface area contributed by atoms with Gasteiger partial charge in [-0.05, 0) is 31.5 Å². The van der Waals surface area contributed by atoms with Gasteiger partial charge in [-0.3, -0.25) is 4.99 Å². The van der Waals surface area contributed by atoms with Gasteiger partial charge in [-0.2, -0.15) is 0 Å². The van der Waals surface area contributed by atoms with Crippen LogP contribution in [0.2, 0.25) is 0 Å². The Bertz CT molecular complexity index is 853. The molecule has 134 valence electrons. The summed E-state index contributed by atoms with van der Waals surface area (Å²) in [6.45, 7) is 4.70. The molecule has 3 rings (SSSR count). The van der Waals surface area contributed by atoms with Crippen LogP contribution in [0.25, 0.3) is 11.5 Å². The summed E-state index contributed by atoms with van der Waals surface area (Å²) in [5.41, 5.74) is 4.22. The fourth-order valence-electron chi connectivity index (χ4n) is 2.62. The van der Waals surface area contributed by atoms with Crippen molar-refractivity contribution in [3.05, 3.63) is 77.7 Å². The highest BCUT2D eigenvalue weighted by Gasteiger charge is 2.09. The highest BCUT2D eigenvalue weighted by Crippen LogP contribution is 2.19. The Balaban J connectivity index is 1.58. The lowest BCUT2D eigenvalue weighted by molar-refractivity contribution is 0.572. The number of benzene rings is 2. The third kappa shape index (κ3) is 4.51. The molecule has 0 fully saturated rings. The maximum absolute atomic E-state index is 5.60. The SMILES string of the molecule is CN=C(NCc1coc(-c2ccc(C)cc2)n1)NC(C)c1ccccc1. The second kappa shape index (κ2) is 8.34. The fourth-order valence-corrected chi connectivity index (χ4v) is 2.62. The Hall–Kier alpha value is -3.08. The van der Waals surface area contributed by atoms with Gasteiger partial charge in [0.15, 0.2) is 5.96 Å². The molecule has 0 amide bonds. The summed E-state index contributed by atoms with van der Waals surface area (Å²) in [6, 6.07) is 18.6. The number of aromatic nitrogens is 1. The largest absolute Gasteiger partial charge is 0.444 e. The van der Waals surface area contributed by atoms with Crippen molar-refractivity contribution >= 4 is 5.96 Å². The first-order valence-electron chi connectivity index (χ1n) is 8.69. The van der Waals surface area contributed by atoms with Crippen LogP contribution in [-0.4, -0.2) is 18.0 Å². The molecule has 2 N–H and O–H groups in total. The van der Waals surface area contributed by atoms with Crippen molar-refractivity contribution in [1.82, 2.24) is 15.6 Å². The van der Waals surface area contributed by atoms with Crippen LogP contribution in [-0.2, 0) is 6.54 Å². The monoisotopic (exact) mass is 348 g/mol. The molecule has 0 bridgehead atoms. The van der Waals surface area contributed by atoms with E-state index in [1.54, 1.807) is 13.3 Å². The molecule has 1 aromatic heterocycles. The third-order valence-corrected chi connectivity index (χ3v) is 4.16. The van der Waals surface area contributed by atoms with Gasteiger partial charge >= 0.3 is 0 Å². The van der Waals surface area contributed by atoms with Crippen LogP contribution in [0.15, 0.2) is 70.3 Å². The Morgan fingerprint density at radius 1 is 1.12 bits per heavy atom. The first kappa shape index (κ1) is 17.7. The van der Waals surface area contributed by atoms with Crippen molar-refractivity contribution in [2.24, 2.45) is 4.99 Å². The Morgan fingerprint density at radius 3 is 2.54 bits per heavy atom. The molecule has 1 unspecified atom stereocenters. The summed E-state index contributed by atoms with van der Waals surface area (Å²) in [7, 11) is 1.76. The maximum atomic E-state index is 5.60. The van der Waals surface area contributed by atoms with Crippen LogP contribution in [0, 0.1) is 6.92 Å². The zero-order valence-corrected chi connectivity index (χ0v) is 15.4. The van der Waals surface area contributed by atoms with Crippen molar-refractivity contribution in [2.45, 2.75) is 26.4 Å². The minimum Gasteiger partial charge on any atom is -0.444 e. The van der Waals surface area contributed by atoms with Crippen LogP contribution in [0.3, 0.4) is 0 Å². The molecular formula is C21H24N4O. The Kier molecular flexibility index (Phi) is 5.69. The lowest BCUT2D eigenvalue weighted by atomic mass is 10.1. The minimum atomic E-state index is 0.155. The highest BCUT2D eigenvalue weighted by atomic mass is 16.3. The molecule has 0 aliphatic heterocycles. The molecule has 5 heteroatoms. The van der Waals surface area contributed by atoms with E-state index in [1.807, 2.05) is 42.5 Å². The van der Waals surface area contributed by atoms with Gasteiger partial charge in [0.05, 0.1) is 18.3 Å². The second-order valence-electron chi connectivity index (χ2n) is 6.21. The standard InChI is InChI=1S/C21H24N4O/c1-15-9-11-18(12-10-15)20-25-19(14-26-20)13-23-21(22-3)24-16(2)17-7-5-4-6-8-17/h4-12,14,16H,13H2,1-3H3,(H2,22,23,24). The lowest BCUT2D eigenvalue weighted by Gasteiger charge is -2.17. The summed E-state index contributed by atoms with van der Waals surface area (Å²) in [5.74, 6) is 1.35. The first-order chi connectivity index (χ1) is 12.7. The first-order valence-corrected chi connectivity index (χ1v) is 8.69. The van der Waals surface area contributed by atoms with Crippen LogP contribution < -0.4 is 10.6 Å². The Morgan fingerprint density at radius 2 is 1.85 bits per heavy atom. The molecule has 1 heterocycles. The average Bonchev–Trinajstić information content (AvgIpc) is 3.15. The second-order valence-corrected chi connectivity index (χ2v) is 6.21. The maximum Gasteiger partial charge on any atom is 0.226 e. The predicted molar refractivity (Wildman–Crippen MR) is 105 cm³/mol. The van der Waals surface area contributed by atoms with Gasteiger partial charge in [0.1, 0.15) is 6.26 Å². The van der Waals surface area contributed by atoms with E-state index in [2.05, 4.69) is 46.6 Å². The van der Waals surface area contributed by atoms with E-state index in [4.69, 9.17) is 4.42 Å². The minimum absolute atomic E-state index is 0.155. The van der Waals surface area contributed by atoms with E-state index in [0.717, 1.165) is 17.2 Å². The summed E-state index contributed by atoms with van der Waals surface area (Å²) in [4.78, 5) is 8.82. The fraction of sp³-hybridized carbons (Fsp3) is 0.238. The van der Waals surface area contributed by atoms with Crippen LogP contribution in [0.4, 0.5) is 0 Å².